The third-order valence-corrected chi connectivity index (χ3v) is 5.62. The highest BCUT2D eigenvalue weighted by Gasteiger charge is 2.26. The Balaban J connectivity index is 1.51. The van der Waals surface area contributed by atoms with Crippen LogP contribution in [0.15, 0.2) is 29.0 Å². The Morgan fingerprint density at radius 1 is 1.03 bits per heavy atom. The minimum absolute atomic E-state index is 0.172. The summed E-state index contributed by atoms with van der Waals surface area (Å²) in [4.78, 5) is 16.2. The first-order valence-corrected chi connectivity index (χ1v) is 10.4. The highest BCUT2D eigenvalue weighted by Crippen LogP contribution is 2.30. The lowest BCUT2D eigenvalue weighted by Crippen LogP contribution is -2.34. The molecule has 0 bridgehead atoms. The van der Waals surface area contributed by atoms with Gasteiger partial charge >= 0.3 is 0 Å². The first-order chi connectivity index (χ1) is 14.3. The van der Waals surface area contributed by atoms with E-state index in [9.17, 15) is 0 Å². The van der Waals surface area contributed by atoms with Gasteiger partial charge in [0.1, 0.15) is 0 Å². The maximum atomic E-state index is 5.91. The van der Waals surface area contributed by atoms with E-state index in [1.165, 1.54) is 12.8 Å². The zero-order valence-electron chi connectivity index (χ0n) is 16.3. The van der Waals surface area contributed by atoms with E-state index in [4.69, 9.17) is 19.3 Å². The fraction of sp³-hybridized carbons (Fsp3) is 0.550. The monoisotopic (exact) mass is 395 g/mol. The molecule has 0 unspecified atom stereocenters. The summed E-state index contributed by atoms with van der Waals surface area (Å²) in [5.74, 6) is 1.48. The number of aromatic nitrogens is 5. The third-order valence-electron chi connectivity index (χ3n) is 5.62. The molecule has 3 aromatic rings. The van der Waals surface area contributed by atoms with Crippen molar-refractivity contribution in [2.45, 2.75) is 57.2 Å². The van der Waals surface area contributed by atoms with Crippen LogP contribution in [0.1, 0.15) is 44.2 Å². The number of anilines is 2. The van der Waals surface area contributed by atoms with Gasteiger partial charge in [0.25, 0.3) is 0 Å². The van der Waals surface area contributed by atoms with E-state index in [0.717, 1.165) is 56.2 Å². The van der Waals surface area contributed by atoms with Crippen LogP contribution in [0.4, 0.5) is 11.6 Å². The smallest absolute Gasteiger partial charge is 0.245 e. The average Bonchev–Trinajstić information content (AvgIpc) is 3.51. The van der Waals surface area contributed by atoms with Gasteiger partial charge < -0.3 is 15.0 Å². The van der Waals surface area contributed by atoms with Crippen molar-refractivity contribution in [1.82, 2.24) is 25.3 Å². The van der Waals surface area contributed by atoms with E-state index >= 15 is 0 Å². The molecule has 29 heavy (non-hydrogen) atoms. The van der Waals surface area contributed by atoms with Crippen LogP contribution in [0.3, 0.4) is 0 Å². The van der Waals surface area contributed by atoms with Crippen LogP contribution in [0.2, 0.25) is 0 Å². The van der Waals surface area contributed by atoms with E-state index in [0.29, 0.717) is 23.9 Å². The number of fused-ring (bicyclic) bond motifs is 1. The number of pyridine rings is 1. The van der Waals surface area contributed by atoms with E-state index < -0.39 is 0 Å². The molecule has 5 rings (SSSR count). The minimum atomic E-state index is 0.172. The molecule has 2 fully saturated rings. The van der Waals surface area contributed by atoms with Gasteiger partial charge in [-0.15, -0.1) is 0 Å². The fourth-order valence-electron chi connectivity index (χ4n) is 4.16. The third kappa shape index (κ3) is 4.14. The van der Waals surface area contributed by atoms with Gasteiger partial charge in [0, 0.05) is 25.4 Å². The predicted octanol–water partition coefficient (Wildman–Crippen LogP) is 2.95. The Hall–Kier alpha value is -2.81. The van der Waals surface area contributed by atoms with Crippen molar-refractivity contribution < 1.29 is 9.37 Å². The maximum absolute atomic E-state index is 5.91. The lowest BCUT2D eigenvalue weighted by molar-refractivity contribution is 0.115. The summed E-state index contributed by atoms with van der Waals surface area (Å²) < 4.78 is 10.8. The molecule has 1 saturated heterocycles. The molecule has 9 heteroatoms. The van der Waals surface area contributed by atoms with Crippen LogP contribution < -0.4 is 10.2 Å². The summed E-state index contributed by atoms with van der Waals surface area (Å²) in [5, 5.41) is 11.4. The molecule has 1 atom stereocenters. The van der Waals surface area contributed by atoms with E-state index in [1.54, 1.807) is 0 Å². The summed E-state index contributed by atoms with van der Waals surface area (Å²) >= 11 is 0. The zero-order chi connectivity index (χ0) is 19.5. The van der Waals surface area contributed by atoms with Crippen LogP contribution in [0.25, 0.3) is 11.3 Å². The van der Waals surface area contributed by atoms with Gasteiger partial charge in [0.15, 0.2) is 11.6 Å². The summed E-state index contributed by atoms with van der Waals surface area (Å²) in [6, 6.07) is 6.35. The minimum Gasteiger partial charge on any atom is -0.376 e. The number of nitrogens with one attached hydrogen (secondary N) is 1. The predicted molar refractivity (Wildman–Crippen MR) is 108 cm³/mol. The van der Waals surface area contributed by atoms with Gasteiger partial charge in [-0.1, -0.05) is 18.9 Å². The second kappa shape index (κ2) is 8.28. The van der Waals surface area contributed by atoms with Gasteiger partial charge in [-0.2, -0.15) is 0 Å². The maximum Gasteiger partial charge on any atom is 0.245 e. The molecule has 0 spiro atoms. The second-order valence-corrected chi connectivity index (χ2v) is 7.77. The molecular weight excluding hydrogens is 370 g/mol. The molecule has 0 radical (unpaired) electrons. The van der Waals surface area contributed by atoms with Crippen molar-refractivity contribution in [3.63, 3.8) is 0 Å². The quantitative estimate of drug-likeness (QED) is 0.647. The largest absolute Gasteiger partial charge is 0.376 e. The number of hydrogen-bond donors (Lipinski definition) is 1. The molecule has 1 N–H and O–H groups in total. The summed E-state index contributed by atoms with van der Waals surface area (Å²) in [6.07, 6.45) is 8.88. The topological polar surface area (TPSA) is 102 Å². The lowest BCUT2D eigenvalue weighted by Gasteiger charge is -2.28. The molecule has 1 saturated carbocycles. The van der Waals surface area contributed by atoms with Crippen molar-refractivity contribution in [2.24, 2.45) is 0 Å². The molecule has 3 aromatic heterocycles. The number of hydrogen-bond acceptors (Lipinski definition) is 9. The molecular formula is C20H25N7O2. The summed E-state index contributed by atoms with van der Waals surface area (Å²) in [7, 11) is 0. The SMILES string of the molecule is c1ccc(CN(C[C@@H]2CCCO2)c2nc3nonc3nc2NC2CCCC2)nc1. The van der Waals surface area contributed by atoms with Crippen molar-refractivity contribution in [3.8, 4) is 0 Å². The van der Waals surface area contributed by atoms with E-state index in [2.05, 4.69) is 25.5 Å². The molecule has 4 heterocycles. The first-order valence-electron chi connectivity index (χ1n) is 10.4. The normalized spacial score (nSPS) is 19.8. The highest BCUT2D eigenvalue weighted by molar-refractivity contribution is 5.74. The molecule has 1 aliphatic carbocycles. The van der Waals surface area contributed by atoms with Gasteiger partial charge in [0.2, 0.25) is 11.3 Å². The number of rotatable bonds is 7. The van der Waals surface area contributed by atoms with E-state index in [-0.39, 0.29) is 6.10 Å². The first kappa shape index (κ1) is 18.2. The van der Waals surface area contributed by atoms with Crippen LogP contribution in [0.5, 0.6) is 0 Å². The van der Waals surface area contributed by atoms with Crippen molar-refractivity contribution in [1.29, 1.82) is 0 Å². The molecule has 1 aliphatic heterocycles. The van der Waals surface area contributed by atoms with Gasteiger partial charge in [-0.3, -0.25) is 4.98 Å². The van der Waals surface area contributed by atoms with Crippen LogP contribution >= 0.6 is 0 Å². The Bertz CT molecular complexity index is 936. The van der Waals surface area contributed by atoms with Crippen molar-refractivity contribution in [2.75, 3.05) is 23.4 Å². The van der Waals surface area contributed by atoms with Crippen LogP contribution in [0, 0.1) is 0 Å². The average molecular weight is 395 g/mol. The number of ether oxygens (including phenoxy) is 1. The molecule has 0 aromatic carbocycles. The summed E-state index contributed by atoms with van der Waals surface area (Å²) in [5.41, 5.74) is 1.80. The zero-order valence-corrected chi connectivity index (χ0v) is 16.3. The highest BCUT2D eigenvalue weighted by atomic mass is 16.6. The standard InChI is InChI=1S/C20H25N7O2/c1-2-7-14(6-1)22-19-20(24-18-17(23-19)25-29-26-18)27(13-16-9-5-11-28-16)12-15-8-3-4-10-21-15/h3-4,8,10,14,16H,1-2,5-7,9,11-13H2,(H,22,23,25)/t16-/m0/s1. The van der Waals surface area contributed by atoms with Gasteiger partial charge in [-0.25, -0.2) is 14.6 Å². The Morgan fingerprint density at radius 3 is 2.66 bits per heavy atom. The van der Waals surface area contributed by atoms with Gasteiger partial charge in [0.05, 0.1) is 18.3 Å². The molecule has 152 valence electrons. The summed E-state index contributed by atoms with van der Waals surface area (Å²) in [6.45, 7) is 2.15. The van der Waals surface area contributed by atoms with Crippen molar-refractivity contribution >= 4 is 22.9 Å². The number of nitrogens with zero attached hydrogens (tertiary/aromatic N) is 6. The Morgan fingerprint density at radius 2 is 1.90 bits per heavy atom. The lowest BCUT2D eigenvalue weighted by atomic mass is 10.2. The van der Waals surface area contributed by atoms with Crippen LogP contribution in [-0.4, -0.2) is 50.6 Å². The van der Waals surface area contributed by atoms with Crippen molar-refractivity contribution in [3.05, 3.63) is 30.1 Å². The molecule has 2 aliphatic rings. The fourth-order valence-corrected chi connectivity index (χ4v) is 4.16. The molecule has 9 nitrogen and oxygen atoms in total. The molecule has 0 amide bonds. The van der Waals surface area contributed by atoms with E-state index in [1.807, 2.05) is 24.4 Å². The second-order valence-electron chi connectivity index (χ2n) is 7.77. The van der Waals surface area contributed by atoms with Crippen LogP contribution in [-0.2, 0) is 11.3 Å². The Kier molecular flexibility index (Phi) is 5.21. The van der Waals surface area contributed by atoms with Gasteiger partial charge in [-0.05, 0) is 48.1 Å². The Labute approximate surface area is 168 Å².